The molecular formula is C16H26O6. The van der Waals surface area contributed by atoms with Crippen LogP contribution in [-0.4, -0.2) is 47.6 Å². The minimum atomic E-state index is -0.872. The highest BCUT2D eigenvalue weighted by atomic mass is 16.5. The highest BCUT2D eigenvalue weighted by Gasteiger charge is 2.14. The molecule has 0 heterocycles. The third-order valence-electron chi connectivity index (χ3n) is 2.78. The van der Waals surface area contributed by atoms with Gasteiger partial charge < -0.3 is 19.7 Å². The number of carbonyl (C=O) groups excluding carboxylic acids is 2. The Morgan fingerprint density at radius 2 is 1.23 bits per heavy atom. The van der Waals surface area contributed by atoms with Crippen LogP contribution in [-0.2, 0) is 19.1 Å². The predicted molar refractivity (Wildman–Crippen MR) is 82.0 cm³/mol. The van der Waals surface area contributed by atoms with E-state index < -0.39 is 24.1 Å². The fourth-order valence-electron chi connectivity index (χ4n) is 1.66. The first-order valence-corrected chi connectivity index (χ1v) is 7.53. The van der Waals surface area contributed by atoms with Crippen LogP contribution in [0.2, 0.25) is 0 Å². The summed E-state index contributed by atoms with van der Waals surface area (Å²) >= 11 is 0. The summed E-state index contributed by atoms with van der Waals surface area (Å²) in [6, 6.07) is 0. The molecule has 0 unspecified atom stereocenters. The molecule has 126 valence electrons. The van der Waals surface area contributed by atoms with Crippen LogP contribution < -0.4 is 0 Å². The second-order valence-corrected chi connectivity index (χ2v) is 4.60. The van der Waals surface area contributed by atoms with E-state index in [1.54, 1.807) is 26.0 Å². The molecule has 0 aliphatic heterocycles. The lowest BCUT2D eigenvalue weighted by molar-refractivity contribution is -0.138. The molecule has 0 aromatic carbocycles. The Hall–Kier alpha value is -1.66. The maximum absolute atomic E-state index is 11.0. The van der Waals surface area contributed by atoms with Gasteiger partial charge in [-0.1, -0.05) is 12.2 Å². The van der Waals surface area contributed by atoms with Crippen molar-refractivity contribution in [1.82, 2.24) is 0 Å². The van der Waals surface area contributed by atoms with E-state index in [1.807, 2.05) is 0 Å². The average Bonchev–Trinajstić information content (AvgIpc) is 2.48. The van der Waals surface area contributed by atoms with Crippen LogP contribution in [0.5, 0.6) is 0 Å². The third kappa shape index (κ3) is 11.0. The summed E-state index contributed by atoms with van der Waals surface area (Å²) in [5.74, 6) is -0.830. The van der Waals surface area contributed by atoms with Gasteiger partial charge in [-0.25, -0.2) is 9.59 Å². The predicted octanol–water partition coefficient (Wildman–Crippen LogP) is 1.51. The van der Waals surface area contributed by atoms with E-state index in [4.69, 9.17) is 9.47 Å². The zero-order valence-electron chi connectivity index (χ0n) is 13.2. The van der Waals surface area contributed by atoms with Crippen LogP contribution in [0.3, 0.4) is 0 Å². The van der Waals surface area contributed by atoms with Gasteiger partial charge in [-0.3, -0.25) is 0 Å². The van der Waals surface area contributed by atoms with Crippen molar-refractivity contribution < 1.29 is 29.3 Å². The molecule has 0 aromatic rings. The minimum absolute atomic E-state index is 0.323. The maximum Gasteiger partial charge on any atom is 0.330 e. The number of esters is 2. The Labute approximate surface area is 131 Å². The van der Waals surface area contributed by atoms with Gasteiger partial charge >= 0.3 is 11.9 Å². The lowest BCUT2D eigenvalue weighted by Crippen LogP contribution is -2.25. The largest absolute Gasteiger partial charge is 0.463 e. The molecule has 0 aliphatic carbocycles. The van der Waals surface area contributed by atoms with Crippen molar-refractivity contribution in [3.63, 3.8) is 0 Å². The van der Waals surface area contributed by atoms with Crippen LogP contribution in [0.1, 0.15) is 39.5 Å². The molecule has 0 amide bonds. The van der Waals surface area contributed by atoms with Crippen LogP contribution in [0.15, 0.2) is 24.3 Å². The molecule has 2 atom stereocenters. The van der Waals surface area contributed by atoms with E-state index in [0.29, 0.717) is 38.9 Å². The van der Waals surface area contributed by atoms with Crippen LogP contribution >= 0.6 is 0 Å². The summed E-state index contributed by atoms with van der Waals surface area (Å²) in [7, 11) is 0. The summed E-state index contributed by atoms with van der Waals surface area (Å²) < 4.78 is 9.43. The topological polar surface area (TPSA) is 93.1 Å². The number of ether oxygens (including phenoxy) is 2. The molecule has 0 spiro atoms. The molecule has 0 bridgehead atoms. The molecule has 2 N–H and O–H groups in total. The lowest BCUT2D eigenvalue weighted by atomic mass is 10.0. The molecule has 0 aliphatic rings. The second-order valence-electron chi connectivity index (χ2n) is 4.60. The summed E-state index contributed by atoms with van der Waals surface area (Å²) in [6.07, 6.45) is 5.71. The molecule has 6 nitrogen and oxygen atoms in total. The van der Waals surface area contributed by atoms with Crippen molar-refractivity contribution in [2.75, 3.05) is 13.2 Å². The minimum Gasteiger partial charge on any atom is -0.463 e. The molecule has 0 fully saturated rings. The molecule has 0 aromatic heterocycles. The van der Waals surface area contributed by atoms with Gasteiger partial charge in [0.15, 0.2) is 0 Å². The number of aliphatic hydroxyl groups excluding tert-OH is 2. The molecule has 0 radical (unpaired) electrons. The lowest BCUT2D eigenvalue weighted by Gasteiger charge is -2.16. The Kier molecular flexibility index (Phi) is 12.1. The van der Waals surface area contributed by atoms with Crippen LogP contribution in [0.25, 0.3) is 0 Å². The highest BCUT2D eigenvalue weighted by molar-refractivity contribution is 5.82. The first-order chi connectivity index (χ1) is 10.5. The number of aliphatic hydroxyl groups is 2. The number of hydrogen-bond donors (Lipinski definition) is 2. The summed E-state index contributed by atoms with van der Waals surface area (Å²) in [5.41, 5.74) is 0. The summed E-state index contributed by atoms with van der Waals surface area (Å²) in [4.78, 5) is 22.1. The zero-order chi connectivity index (χ0) is 16.8. The van der Waals surface area contributed by atoms with Gasteiger partial charge in [-0.2, -0.15) is 0 Å². The Morgan fingerprint density at radius 3 is 1.55 bits per heavy atom. The smallest absolute Gasteiger partial charge is 0.330 e. The molecular weight excluding hydrogens is 288 g/mol. The maximum atomic E-state index is 11.0. The van der Waals surface area contributed by atoms with Crippen molar-refractivity contribution in [2.24, 2.45) is 0 Å². The normalized spacial score (nSPS) is 14.2. The molecule has 0 rings (SSSR count). The molecule has 0 saturated heterocycles. The summed E-state index contributed by atoms with van der Waals surface area (Å²) in [5, 5.41) is 19.5. The van der Waals surface area contributed by atoms with E-state index in [9.17, 15) is 19.8 Å². The van der Waals surface area contributed by atoms with Crippen molar-refractivity contribution in [3.05, 3.63) is 24.3 Å². The van der Waals surface area contributed by atoms with E-state index in [-0.39, 0.29) is 0 Å². The molecule has 0 saturated carbocycles. The fourth-order valence-corrected chi connectivity index (χ4v) is 1.66. The van der Waals surface area contributed by atoms with Gasteiger partial charge in [0.05, 0.1) is 25.4 Å². The van der Waals surface area contributed by atoms with E-state index in [2.05, 4.69) is 0 Å². The average molecular weight is 314 g/mol. The molecule has 22 heavy (non-hydrogen) atoms. The number of rotatable bonds is 11. The fraction of sp³-hybridized carbons (Fsp3) is 0.625. The van der Waals surface area contributed by atoms with E-state index in [0.717, 1.165) is 0 Å². The van der Waals surface area contributed by atoms with Gasteiger partial charge in [0.2, 0.25) is 0 Å². The van der Waals surface area contributed by atoms with Crippen molar-refractivity contribution >= 4 is 11.9 Å². The zero-order valence-corrected chi connectivity index (χ0v) is 13.2. The Bertz CT molecular complexity index is 339. The number of carbonyl (C=O) groups is 2. The Morgan fingerprint density at radius 1 is 0.864 bits per heavy atom. The van der Waals surface area contributed by atoms with E-state index in [1.165, 1.54) is 12.2 Å². The van der Waals surface area contributed by atoms with Gasteiger partial charge in [0, 0.05) is 12.2 Å². The second kappa shape index (κ2) is 13.0. The van der Waals surface area contributed by atoms with Crippen LogP contribution in [0.4, 0.5) is 0 Å². The van der Waals surface area contributed by atoms with Crippen molar-refractivity contribution in [3.8, 4) is 0 Å². The van der Waals surface area contributed by atoms with E-state index >= 15 is 0 Å². The van der Waals surface area contributed by atoms with Crippen molar-refractivity contribution in [1.29, 1.82) is 0 Å². The number of hydrogen-bond acceptors (Lipinski definition) is 6. The van der Waals surface area contributed by atoms with Crippen molar-refractivity contribution in [2.45, 2.75) is 51.7 Å². The SMILES string of the molecule is CCOC(=O)/C=C/CC[C@H](O)[C@@H](O)CC/C=C/C(=O)OCC. The Balaban J connectivity index is 3.85. The first-order valence-electron chi connectivity index (χ1n) is 7.53. The quantitative estimate of drug-likeness (QED) is 0.443. The van der Waals surface area contributed by atoms with Gasteiger partial charge in [-0.15, -0.1) is 0 Å². The molecule has 6 heteroatoms. The standard InChI is InChI=1S/C16H26O6/c1-3-21-15(19)11-7-5-9-13(17)14(18)10-6-8-12-16(20)22-4-2/h7-8,11-14,17-18H,3-6,9-10H2,1-2H3/b11-7+,12-8+/t13-,14-/m0/s1. The van der Waals surface area contributed by atoms with Crippen LogP contribution in [0, 0.1) is 0 Å². The number of allylic oxidation sites excluding steroid dienone is 2. The third-order valence-corrected chi connectivity index (χ3v) is 2.78. The highest BCUT2D eigenvalue weighted by Crippen LogP contribution is 2.09. The summed E-state index contributed by atoms with van der Waals surface area (Å²) in [6.45, 7) is 4.10. The van der Waals surface area contributed by atoms with Gasteiger partial charge in [-0.05, 0) is 39.5 Å². The van der Waals surface area contributed by atoms with Gasteiger partial charge in [0.1, 0.15) is 0 Å². The monoisotopic (exact) mass is 314 g/mol. The first kappa shape index (κ1) is 20.3. The van der Waals surface area contributed by atoms with Gasteiger partial charge in [0.25, 0.3) is 0 Å².